The lowest BCUT2D eigenvalue weighted by molar-refractivity contribution is 0.0953. The standard InChI is InChI=1S/C23H29N3O/c1-17-8-9-19(16-18(17)2)26-12-5-11-25(14-15-26)13-10-22-20-6-3-4-7-21(20)23(27)24-22/h3-4,6-9,16,22H,5,10-15H2,1-2H3,(H,24,27). The van der Waals surface area contributed by atoms with E-state index in [9.17, 15) is 4.79 Å². The van der Waals surface area contributed by atoms with Gasteiger partial charge in [-0.15, -0.1) is 0 Å². The van der Waals surface area contributed by atoms with Crippen molar-refractivity contribution in [2.45, 2.75) is 32.7 Å². The molecule has 4 heteroatoms. The van der Waals surface area contributed by atoms with E-state index in [0.717, 1.165) is 50.3 Å². The van der Waals surface area contributed by atoms with Gasteiger partial charge in [0.05, 0.1) is 6.04 Å². The summed E-state index contributed by atoms with van der Waals surface area (Å²) in [5.41, 5.74) is 6.07. The molecule has 2 aromatic rings. The smallest absolute Gasteiger partial charge is 0.252 e. The highest BCUT2D eigenvalue weighted by molar-refractivity contribution is 5.99. The number of anilines is 1. The molecule has 0 aliphatic carbocycles. The van der Waals surface area contributed by atoms with Crippen LogP contribution >= 0.6 is 0 Å². The van der Waals surface area contributed by atoms with E-state index in [1.807, 2.05) is 18.2 Å². The first-order valence-electron chi connectivity index (χ1n) is 10.1. The van der Waals surface area contributed by atoms with Crippen LogP contribution in [0.25, 0.3) is 0 Å². The summed E-state index contributed by atoms with van der Waals surface area (Å²) < 4.78 is 0. The fourth-order valence-electron chi connectivity index (χ4n) is 4.24. The number of hydrogen-bond donors (Lipinski definition) is 1. The number of amides is 1. The molecule has 1 atom stereocenters. The largest absolute Gasteiger partial charge is 0.370 e. The Bertz CT molecular complexity index is 832. The molecule has 0 bridgehead atoms. The fourth-order valence-corrected chi connectivity index (χ4v) is 4.24. The van der Waals surface area contributed by atoms with Crippen LogP contribution in [-0.2, 0) is 0 Å². The topological polar surface area (TPSA) is 35.6 Å². The lowest BCUT2D eigenvalue weighted by Gasteiger charge is -2.25. The molecule has 27 heavy (non-hydrogen) atoms. The van der Waals surface area contributed by atoms with Crippen LogP contribution in [0, 0.1) is 13.8 Å². The van der Waals surface area contributed by atoms with Crippen LogP contribution in [0.15, 0.2) is 42.5 Å². The average molecular weight is 364 g/mol. The number of nitrogens with zero attached hydrogens (tertiary/aromatic N) is 2. The zero-order valence-corrected chi connectivity index (χ0v) is 16.4. The minimum absolute atomic E-state index is 0.0763. The van der Waals surface area contributed by atoms with Crippen LogP contribution in [-0.4, -0.2) is 43.5 Å². The van der Waals surface area contributed by atoms with Crippen molar-refractivity contribution in [3.63, 3.8) is 0 Å². The summed E-state index contributed by atoms with van der Waals surface area (Å²) in [5, 5.41) is 3.14. The molecule has 0 aromatic heterocycles. The zero-order chi connectivity index (χ0) is 18.8. The van der Waals surface area contributed by atoms with Crippen molar-refractivity contribution in [2.75, 3.05) is 37.6 Å². The molecule has 4 rings (SSSR count). The lowest BCUT2D eigenvalue weighted by atomic mass is 10.0. The summed E-state index contributed by atoms with van der Waals surface area (Å²) in [7, 11) is 0. The molecule has 1 N–H and O–H groups in total. The second kappa shape index (κ2) is 7.73. The summed E-state index contributed by atoms with van der Waals surface area (Å²) >= 11 is 0. The summed E-state index contributed by atoms with van der Waals surface area (Å²) in [6, 6.07) is 14.9. The monoisotopic (exact) mass is 363 g/mol. The Morgan fingerprint density at radius 2 is 1.85 bits per heavy atom. The van der Waals surface area contributed by atoms with E-state index >= 15 is 0 Å². The number of benzene rings is 2. The summed E-state index contributed by atoms with van der Waals surface area (Å²) in [6.45, 7) is 9.77. The average Bonchev–Trinajstić information content (AvgIpc) is 2.84. The van der Waals surface area contributed by atoms with Gasteiger partial charge in [0.2, 0.25) is 0 Å². The molecule has 0 saturated carbocycles. The highest BCUT2D eigenvalue weighted by Crippen LogP contribution is 2.28. The van der Waals surface area contributed by atoms with E-state index in [0.29, 0.717) is 0 Å². The zero-order valence-electron chi connectivity index (χ0n) is 16.4. The Kier molecular flexibility index (Phi) is 5.17. The molecule has 1 amide bonds. The number of aryl methyl sites for hydroxylation is 2. The van der Waals surface area contributed by atoms with E-state index in [-0.39, 0.29) is 11.9 Å². The fraction of sp³-hybridized carbons (Fsp3) is 0.435. The molecule has 1 fully saturated rings. The Morgan fingerprint density at radius 3 is 2.70 bits per heavy atom. The van der Waals surface area contributed by atoms with Gasteiger partial charge in [0.15, 0.2) is 0 Å². The van der Waals surface area contributed by atoms with Gasteiger partial charge in [-0.2, -0.15) is 0 Å². The second-order valence-electron chi connectivity index (χ2n) is 7.85. The predicted molar refractivity (Wildman–Crippen MR) is 110 cm³/mol. The highest BCUT2D eigenvalue weighted by Gasteiger charge is 2.28. The summed E-state index contributed by atoms with van der Waals surface area (Å²) in [5.74, 6) is 0.0763. The van der Waals surface area contributed by atoms with Crippen molar-refractivity contribution in [3.05, 3.63) is 64.7 Å². The molecule has 0 spiro atoms. The molecule has 1 saturated heterocycles. The normalized spacial score (nSPS) is 20.3. The molecule has 4 nitrogen and oxygen atoms in total. The van der Waals surface area contributed by atoms with Gasteiger partial charge in [-0.25, -0.2) is 0 Å². The third-order valence-electron chi connectivity index (χ3n) is 6.06. The molecular weight excluding hydrogens is 334 g/mol. The Labute approximate surface area is 162 Å². The van der Waals surface area contributed by atoms with Gasteiger partial charge in [-0.05, 0) is 68.1 Å². The summed E-state index contributed by atoms with van der Waals surface area (Å²) in [6.07, 6.45) is 2.16. The third-order valence-corrected chi connectivity index (χ3v) is 6.06. The van der Waals surface area contributed by atoms with Crippen molar-refractivity contribution in [1.29, 1.82) is 0 Å². The van der Waals surface area contributed by atoms with Crippen LogP contribution < -0.4 is 10.2 Å². The lowest BCUT2D eigenvalue weighted by Crippen LogP contribution is -2.33. The number of fused-ring (bicyclic) bond motifs is 1. The third kappa shape index (κ3) is 3.86. The predicted octanol–water partition coefficient (Wildman–Crippen LogP) is 3.69. The highest BCUT2D eigenvalue weighted by atomic mass is 16.2. The van der Waals surface area contributed by atoms with Crippen LogP contribution in [0.4, 0.5) is 5.69 Å². The Balaban J connectivity index is 1.34. The van der Waals surface area contributed by atoms with Gasteiger partial charge in [-0.1, -0.05) is 24.3 Å². The first-order valence-corrected chi connectivity index (χ1v) is 10.1. The second-order valence-corrected chi connectivity index (χ2v) is 7.85. The van der Waals surface area contributed by atoms with Crippen LogP contribution in [0.5, 0.6) is 0 Å². The molecule has 1 unspecified atom stereocenters. The molecule has 142 valence electrons. The number of carbonyl (C=O) groups is 1. The van der Waals surface area contributed by atoms with Crippen molar-refractivity contribution in [2.24, 2.45) is 0 Å². The van der Waals surface area contributed by atoms with Gasteiger partial charge in [-0.3, -0.25) is 4.79 Å². The van der Waals surface area contributed by atoms with E-state index in [4.69, 9.17) is 0 Å². The maximum atomic E-state index is 12.1. The maximum Gasteiger partial charge on any atom is 0.252 e. The van der Waals surface area contributed by atoms with Crippen molar-refractivity contribution < 1.29 is 4.79 Å². The molecule has 2 aliphatic rings. The number of nitrogens with one attached hydrogen (secondary N) is 1. The van der Waals surface area contributed by atoms with E-state index in [1.54, 1.807) is 0 Å². The molecular formula is C23H29N3O. The molecule has 0 radical (unpaired) electrons. The number of hydrogen-bond acceptors (Lipinski definition) is 3. The number of rotatable bonds is 4. The van der Waals surface area contributed by atoms with Gasteiger partial charge < -0.3 is 15.1 Å². The Hall–Kier alpha value is -2.33. The van der Waals surface area contributed by atoms with E-state index < -0.39 is 0 Å². The first kappa shape index (κ1) is 18.1. The van der Waals surface area contributed by atoms with Gasteiger partial charge in [0.1, 0.15) is 0 Å². The van der Waals surface area contributed by atoms with Gasteiger partial charge in [0, 0.05) is 37.4 Å². The first-order chi connectivity index (χ1) is 13.1. The molecule has 2 heterocycles. The van der Waals surface area contributed by atoms with Crippen LogP contribution in [0.1, 0.15) is 45.9 Å². The number of carbonyl (C=O) groups excluding carboxylic acids is 1. The van der Waals surface area contributed by atoms with Gasteiger partial charge in [0.25, 0.3) is 5.91 Å². The SMILES string of the molecule is Cc1ccc(N2CCCN(CCC3NC(=O)c4ccccc43)CC2)cc1C. The van der Waals surface area contributed by atoms with Crippen molar-refractivity contribution >= 4 is 11.6 Å². The Morgan fingerprint density at radius 1 is 1.00 bits per heavy atom. The summed E-state index contributed by atoms with van der Waals surface area (Å²) in [4.78, 5) is 17.2. The van der Waals surface area contributed by atoms with E-state index in [1.165, 1.54) is 23.2 Å². The van der Waals surface area contributed by atoms with E-state index in [2.05, 4.69) is 53.2 Å². The van der Waals surface area contributed by atoms with Crippen LogP contribution in [0.2, 0.25) is 0 Å². The van der Waals surface area contributed by atoms with Crippen molar-refractivity contribution in [3.8, 4) is 0 Å². The van der Waals surface area contributed by atoms with Gasteiger partial charge >= 0.3 is 0 Å². The molecule has 2 aromatic carbocycles. The maximum absolute atomic E-state index is 12.1. The van der Waals surface area contributed by atoms with Crippen molar-refractivity contribution in [1.82, 2.24) is 10.2 Å². The molecule has 2 aliphatic heterocycles. The minimum Gasteiger partial charge on any atom is -0.370 e. The quantitative estimate of drug-likeness (QED) is 0.900. The minimum atomic E-state index is 0.0763. The van der Waals surface area contributed by atoms with Crippen LogP contribution in [0.3, 0.4) is 0 Å².